The van der Waals surface area contributed by atoms with Crippen molar-refractivity contribution in [1.29, 1.82) is 0 Å². The highest BCUT2D eigenvalue weighted by Crippen LogP contribution is 2.34. The highest BCUT2D eigenvalue weighted by Gasteiger charge is 2.40. The zero-order chi connectivity index (χ0) is 15.5. The van der Waals surface area contributed by atoms with E-state index < -0.39 is 12.1 Å². The monoisotopic (exact) mass is 364 g/mol. The van der Waals surface area contributed by atoms with E-state index in [1.54, 1.807) is 0 Å². The predicted octanol–water partition coefficient (Wildman–Crippen LogP) is 4.11. The lowest BCUT2D eigenvalue weighted by Crippen LogP contribution is -2.39. The molecule has 1 saturated heterocycles. The van der Waals surface area contributed by atoms with Crippen LogP contribution in [0.3, 0.4) is 0 Å². The molecule has 1 fully saturated rings. The molecule has 1 heterocycles. The average molecular weight is 365 g/mol. The first-order valence-corrected chi connectivity index (χ1v) is 7.95. The highest BCUT2D eigenvalue weighted by molar-refractivity contribution is 9.10. The van der Waals surface area contributed by atoms with Crippen molar-refractivity contribution in [3.8, 4) is 0 Å². The van der Waals surface area contributed by atoms with Gasteiger partial charge in [-0.15, -0.1) is 0 Å². The maximum absolute atomic E-state index is 12.6. The molecule has 118 valence electrons. The van der Waals surface area contributed by atoms with E-state index in [9.17, 15) is 13.2 Å². The summed E-state index contributed by atoms with van der Waals surface area (Å²) in [5.41, 5.74) is 7.20. The van der Waals surface area contributed by atoms with Crippen LogP contribution in [0.5, 0.6) is 0 Å². The highest BCUT2D eigenvalue weighted by atomic mass is 79.9. The zero-order valence-corrected chi connectivity index (χ0v) is 13.3. The van der Waals surface area contributed by atoms with E-state index in [4.69, 9.17) is 5.73 Å². The molecule has 2 rings (SSSR count). The van der Waals surface area contributed by atoms with Crippen LogP contribution >= 0.6 is 15.9 Å². The van der Waals surface area contributed by atoms with E-state index >= 15 is 0 Å². The first-order valence-electron chi connectivity index (χ1n) is 7.16. The van der Waals surface area contributed by atoms with Gasteiger partial charge in [0.15, 0.2) is 0 Å². The second-order valence-electron chi connectivity index (χ2n) is 5.60. The smallest absolute Gasteiger partial charge is 0.324 e. The van der Waals surface area contributed by atoms with Crippen LogP contribution in [0.2, 0.25) is 0 Å². The van der Waals surface area contributed by atoms with E-state index in [1.165, 1.54) is 0 Å². The Kier molecular flexibility index (Phi) is 5.68. The lowest BCUT2D eigenvalue weighted by Gasteiger charge is -2.33. The van der Waals surface area contributed by atoms with Gasteiger partial charge in [0.1, 0.15) is 0 Å². The number of likely N-dealkylation sites (tertiary alicyclic amines) is 1. The lowest BCUT2D eigenvalue weighted by molar-refractivity contribution is -0.185. The maximum atomic E-state index is 12.6. The van der Waals surface area contributed by atoms with Gasteiger partial charge in [-0.2, -0.15) is 13.2 Å². The molecule has 0 aromatic heterocycles. The summed E-state index contributed by atoms with van der Waals surface area (Å²) in [5, 5.41) is 0. The Hall–Kier alpha value is -0.590. The van der Waals surface area contributed by atoms with Crippen LogP contribution < -0.4 is 5.73 Å². The Balaban J connectivity index is 1.76. The Morgan fingerprint density at radius 3 is 2.29 bits per heavy atom. The number of benzene rings is 1. The molecule has 1 aliphatic rings. The Morgan fingerprint density at radius 1 is 1.19 bits per heavy atom. The fraction of sp³-hybridized carbons (Fsp3) is 0.600. The molecule has 0 aliphatic carbocycles. The Morgan fingerprint density at radius 2 is 1.76 bits per heavy atom. The van der Waals surface area contributed by atoms with Crippen LogP contribution in [0.15, 0.2) is 28.7 Å². The first kappa shape index (κ1) is 16.8. The van der Waals surface area contributed by atoms with Gasteiger partial charge in [0.25, 0.3) is 0 Å². The molecule has 0 spiro atoms. The third-order valence-electron chi connectivity index (χ3n) is 4.10. The number of rotatable bonds is 4. The van der Waals surface area contributed by atoms with Gasteiger partial charge in [0.05, 0.1) is 5.92 Å². The Bertz CT molecular complexity index is 439. The molecule has 21 heavy (non-hydrogen) atoms. The topological polar surface area (TPSA) is 29.3 Å². The number of piperidine rings is 1. The number of nitrogens with zero attached hydrogens (tertiary/aromatic N) is 1. The van der Waals surface area contributed by atoms with Crippen LogP contribution in [0.25, 0.3) is 0 Å². The number of hydrogen-bond acceptors (Lipinski definition) is 2. The molecular weight excluding hydrogens is 345 g/mol. The van der Waals surface area contributed by atoms with Crippen molar-refractivity contribution in [2.24, 2.45) is 11.7 Å². The number of alkyl halides is 3. The van der Waals surface area contributed by atoms with E-state index in [1.807, 2.05) is 24.3 Å². The van der Waals surface area contributed by atoms with Crippen molar-refractivity contribution >= 4 is 15.9 Å². The standard InChI is InChI=1S/C15H20BrF3N2/c16-13-3-1-11(2-4-13)14(20)7-10-21-8-5-12(6-9-21)15(17,18)19/h1-4,12,14H,5-10,20H2. The van der Waals surface area contributed by atoms with Crippen molar-refractivity contribution in [2.75, 3.05) is 19.6 Å². The van der Waals surface area contributed by atoms with Crippen LogP contribution in [0, 0.1) is 5.92 Å². The van der Waals surface area contributed by atoms with Gasteiger partial charge in [-0.3, -0.25) is 0 Å². The fourth-order valence-corrected chi connectivity index (χ4v) is 2.95. The third kappa shape index (κ3) is 4.97. The van der Waals surface area contributed by atoms with E-state index in [0.29, 0.717) is 13.1 Å². The van der Waals surface area contributed by atoms with Gasteiger partial charge in [-0.05, 0) is 56.6 Å². The molecule has 1 aliphatic heterocycles. The minimum absolute atomic E-state index is 0.0709. The number of halogens is 4. The molecule has 1 unspecified atom stereocenters. The van der Waals surface area contributed by atoms with Crippen LogP contribution in [-0.2, 0) is 0 Å². The predicted molar refractivity (Wildman–Crippen MR) is 80.9 cm³/mol. The van der Waals surface area contributed by atoms with Gasteiger partial charge in [0.2, 0.25) is 0 Å². The summed E-state index contributed by atoms with van der Waals surface area (Å²) in [6, 6.07) is 7.78. The molecule has 2 N–H and O–H groups in total. The molecule has 0 amide bonds. The summed E-state index contributed by atoms with van der Waals surface area (Å²) < 4.78 is 38.8. The lowest BCUT2D eigenvalue weighted by atomic mass is 9.95. The number of hydrogen-bond donors (Lipinski definition) is 1. The average Bonchev–Trinajstić information content (AvgIpc) is 2.45. The Labute approximate surface area is 131 Å². The van der Waals surface area contributed by atoms with Crippen molar-refractivity contribution in [1.82, 2.24) is 4.90 Å². The van der Waals surface area contributed by atoms with Gasteiger partial charge in [-0.1, -0.05) is 28.1 Å². The van der Waals surface area contributed by atoms with E-state index in [0.717, 1.165) is 23.0 Å². The minimum atomic E-state index is -4.04. The van der Waals surface area contributed by atoms with E-state index in [2.05, 4.69) is 20.8 Å². The molecule has 0 saturated carbocycles. The molecule has 0 bridgehead atoms. The van der Waals surface area contributed by atoms with Crippen molar-refractivity contribution in [3.63, 3.8) is 0 Å². The number of nitrogens with two attached hydrogens (primary N) is 1. The van der Waals surface area contributed by atoms with Crippen LogP contribution in [0.4, 0.5) is 13.2 Å². The summed E-state index contributed by atoms with van der Waals surface area (Å²) in [7, 11) is 0. The molecule has 1 atom stereocenters. The largest absolute Gasteiger partial charge is 0.391 e. The summed E-state index contributed by atoms with van der Waals surface area (Å²) in [6.07, 6.45) is -2.87. The van der Waals surface area contributed by atoms with Crippen LogP contribution in [0.1, 0.15) is 30.9 Å². The van der Waals surface area contributed by atoms with Crippen molar-refractivity contribution < 1.29 is 13.2 Å². The summed E-state index contributed by atoms with van der Waals surface area (Å²) in [5.74, 6) is -1.13. The molecule has 1 aromatic carbocycles. The van der Waals surface area contributed by atoms with Gasteiger partial charge >= 0.3 is 6.18 Å². The van der Waals surface area contributed by atoms with Crippen molar-refractivity contribution in [2.45, 2.75) is 31.5 Å². The summed E-state index contributed by atoms with van der Waals surface area (Å²) in [6.45, 7) is 1.77. The van der Waals surface area contributed by atoms with Gasteiger partial charge < -0.3 is 10.6 Å². The van der Waals surface area contributed by atoms with Gasteiger partial charge in [0, 0.05) is 10.5 Å². The minimum Gasteiger partial charge on any atom is -0.324 e. The van der Waals surface area contributed by atoms with Crippen LogP contribution in [-0.4, -0.2) is 30.7 Å². The second-order valence-corrected chi connectivity index (χ2v) is 6.52. The SMILES string of the molecule is NC(CCN1CCC(C(F)(F)F)CC1)c1ccc(Br)cc1. The summed E-state index contributed by atoms with van der Waals surface area (Å²) in [4.78, 5) is 2.08. The molecule has 2 nitrogen and oxygen atoms in total. The van der Waals surface area contributed by atoms with E-state index in [-0.39, 0.29) is 18.9 Å². The quantitative estimate of drug-likeness (QED) is 0.870. The second kappa shape index (κ2) is 7.11. The van der Waals surface area contributed by atoms with Crippen molar-refractivity contribution in [3.05, 3.63) is 34.3 Å². The zero-order valence-electron chi connectivity index (χ0n) is 11.7. The molecule has 1 aromatic rings. The molecule has 0 radical (unpaired) electrons. The fourth-order valence-electron chi connectivity index (χ4n) is 2.68. The maximum Gasteiger partial charge on any atom is 0.391 e. The molecule has 6 heteroatoms. The van der Waals surface area contributed by atoms with Gasteiger partial charge in [-0.25, -0.2) is 0 Å². The third-order valence-corrected chi connectivity index (χ3v) is 4.63. The summed E-state index contributed by atoms with van der Waals surface area (Å²) >= 11 is 3.38. The first-order chi connectivity index (χ1) is 9.86. The molecular formula is C15H20BrF3N2. The normalized spacial score (nSPS) is 19.7.